The van der Waals surface area contributed by atoms with Crippen LogP contribution in [0.5, 0.6) is 0 Å². The molecule has 3 aromatic rings. The van der Waals surface area contributed by atoms with Gasteiger partial charge in [0.25, 0.3) is 0 Å². The smallest absolute Gasteiger partial charge is 0.229 e. The van der Waals surface area contributed by atoms with Crippen LogP contribution in [0.25, 0.3) is 10.9 Å². The van der Waals surface area contributed by atoms with Crippen molar-refractivity contribution >= 4 is 28.4 Å². The summed E-state index contributed by atoms with van der Waals surface area (Å²) >= 11 is 0. The summed E-state index contributed by atoms with van der Waals surface area (Å²) in [6, 6.07) is 11.4. The minimum Gasteiger partial charge on any atom is -0.367 e. The van der Waals surface area contributed by atoms with Crippen LogP contribution < -0.4 is 10.6 Å². The highest BCUT2D eigenvalue weighted by molar-refractivity contribution is 5.90. The molecule has 0 amide bonds. The van der Waals surface area contributed by atoms with E-state index in [1.165, 1.54) is 6.07 Å². The van der Waals surface area contributed by atoms with E-state index in [0.717, 1.165) is 23.0 Å². The predicted octanol–water partition coefficient (Wildman–Crippen LogP) is 4.47. The number of halogens is 2. The Balaban J connectivity index is 2.01. The Labute approximate surface area is 132 Å². The van der Waals surface area contributed by atoms with E-state index in [-0.39, 0.29) is 6.04 Å². The fraction of sp³-hybridized carbons (Fsp3) is 0.176. The first-order valence-electron chi connectivity index (χ1n) is 7.28. The fourth-order valence-corrected chi connectivity index (χ4v) is 2.22. The van der Waals surface area contributed by atoms with Crippen molar-refractivity contribution in [3.63, 3.8) is 0 Å². The van der Waals surface area contributed by atoms with Crippen molar-refractivity contribution in [3.8, 4) is 0 Å². The van der Waals surface area contributed by atoms with Gasteiger partial charge >= 0.3 is 0 Å². The average molecular weight is 314 g/mol. The summed E-state index contributed by atoms with van der Waals surface area (Å²) in [5, 5.41) is 7.08. The number of nitrogens with one attached hydrogen (secondary N) is 2. The summed E-state index contributed by atoms with van der Waals surface area (Å²) in [4.78, 5) is 8.85. The topological polar surface area (TPSA) is 49.8 Å². The lowest BCUT2D eigenvalue weighted by Crippen LogP contribution is -2.12. The van der Waals surface area contributed by atoms with Crippen LogP contribution in [0.1, 0.15) is 13.8 Å². The molecule has 0 saturated heterocycles. The highest BCUT2D eigenvalue weighted by Gasteiger charge is 2.09. The number of hydrogen-bond acceptors (Lipinski definition) is 4. The zero-order valence-corrected chi connectivity index (χ0v) is 12.8. The Bertz CT molecular complexity index is 849. The highest BCUT2D eigenvalue weighted by Crippen LogP contribution is 2.24. The van der Waals surface area contributed by atoms with Gasteiger partial charge in [0.05, 0.1) is 5.52 Å². The molecule has 1 aromatic heterocycles. The normalized spacial score (nSPS) is 11.0. The summed E-state index contributed by atoms with van der Waals surface area (Å²) in [5.74, 6) is -0.804. The van der Waals surface area contributed by atoms with Gasteiger partial charge in [0.1, 0.15) is 5.82 Å². The third-order valence-corrected chi connectivity index (χ3v) is 3.20. The van der Waals surface area contributed by atoms with E-state index >= 15 is 0 Å². The maximum Gasteiger partial charge on any atom is 0.229 e. The van der Waals surface area contributed by atoms with E-state index in [0.29, 0.717) is 17.5 Å². The molecule has 0 aliphatic rings. The van der Waals surface area contributed by atoms with E-state index in [9.17, 15) is 8.78 Å². The Morgan fingerprint density at radius 3 is 2.48 bits per heavy atom. The molecular weight excluding hydrogens is 298 g/mol. The van der Waals surface area contributed by atoms with Gasteiger partial charge in [-0.25, -0.2) is 13.8 Å². The molecule has 4 nitrogen and oxygen atoms in total. The monoisotopic (exact) mass is 314 g/mol. The molecule has 23 heavy (non-hydrogen) atoms. The van der Waals surface area contributed by atoms with Gasteiger partial charge in [-0.05, 0) is 38.1 Å². The zero-order valence-electron chi connectivity index (χ0n) is 12.8. The molecule has 0 spiro atoms. The second-order valence-electron chi connectivity index (χ2n) is 5.47. The Hall–Kier alpha value is -2.76. The van der Waals surface area contributed by atoms with Crippen LogP contribution in [-0.2, 0) is 0 Å². The standard InChI is InChI=1S/C17H16F2N4/c1-10(2)20-16-12-5-3-4-6-15(12)22-17(23-16)21-11-7-8-13(18)14(19)9-11/h3-10H,1-2H3,(H2,20,21,22,23). The van der Waals surface area contributed by atoms with Crippen molar-refractivity contribution in [2.24, 2.45) is 0 Å². The van der Waals surface area contributed by atoms with Gasteiger partial charge in [-0.3, -0.25) is 0 Å². The van der Waals surface area contributed by atoms with Crippen LogP contribution >= 0.6 is 0 Å². The van der Waals surface area contributed by atoms with E-state index in [2.05, 4.69) is 20.6 Å². The summed E-state index contributed by atoms with van der Waals surface area (Å²) in [5.41, 5.74) is 1.14. The van der Waals surface area contributed by atoms with Gasteiger partial charge in [-0.1, -0.05) is 12.1 Å². The van der Waals surface area contributed by atoms with E-state index in [1.807, 2.05) is 38.1 Å². The summed E-state index contributed by atoms with van der Waals surface area (Å²) in [6.07, 6.45) is 0. The average Bonchev–Trinajstić information content (AvgIpc) is 2.50. The van der Waals surface area contributed by atoms with Crippen LogP contribution in [0.2, 0.25) is 0 Å². The van der Waals surface area contributed by atoms with Crippen molar-refractivity contribution in [3.05, 3.63) is 54.1 Å². The molecule has 2 aromatic carbocycles. The number of fused-ring (bicyclic) bond motifs is 1. The first-order chi connectivity index (χ1) is 11.0. The second-order valence-corrected chi connectivity index (χ2v) is 5.47. The molecule has 6 heteroatoms. The molecular formula is C17H16F2N4. The van der Waals surface area contributed by atoms with Crippen LogP contribution in [0, 0.1) is 11.6 Å². The predicted molar refractivity (Wildman–Crippen MR) is 87.9 cm³/mol. The number of benzene rings is 2. The van der Waals surface area contributed by atoms with Crippen LogP contribution in [0.15, 0.2) is 42.5 Å². The maximum atomic E-state index is 13.3. The molecule has 1 heterocycles. The van der Waals surface area contributed by atoms with Crippen molar-refractivity contribution in [1.29, 1.82) is 0 Å². The van der Waals surface area contributed by atoms with Crippen LogP contribution in [0.4, 0.5) is 26.2 Å². The number of hydrogen-bond donors (Lipinski definition) is 2. The van der Waals surface area contributed by atoms with Crippen LogP contribution in [-0.4, -0.2) is 16.0 Å². The molecule has 0 bridgehead atoms. The van der Waals surface area contributed by atoms with Crippen molar-refractivity contribution < 1.29 is 8.78 Å². The third kappa shape index (κ3) is 3.36. The van der Waals surface area contributed by atoms with Crippen molar-refractivity contribution in [1.82, 2.24) is 9.97 Å². The highest BCUT2D eigenvalue weighted by atomic mass is 19.2. The van der Waals surface area contributed by atoms with Gasteiger partial charge in [0.2, 0.25) is 5.95 Å². The van der Waals surface area contributed by atoms with Gasteiger partial charge < -0.3 is 10.6 Å². The zero-order chi connectivity index (χ0) is 16.4. The second kappa shape index (κ2) is 6.16. The van der Waals surface area contributed by atoms with Gasteiger partial charge in [0, 0.05) is 23.2 Å². The Morgan fingerprint density at radius 1 is 0.957 bits per heavy atom. The molecule has 0 fully saturated rings. The lowest BCUT2D eigenvalue weighted by atomic mass is 10.2. The van der Waals surface area contributed by atoms with Crippen LogP contribution in [0.3, 0.4) is 0 Å². The van der Waals surface area contributed by atoms with Gasteiger partial charge in [-0.2, -0.15) is 4.98 Å². The lowest BCUT2D eigenvalue weighted by Gasteiger charge is -2.14. The van der Waals surface area contributed by atoms with Crippen molar-refractivity contribution in [2.45, 2.75) is 19.9 Å². The Kier molecular flexibility index (Phi) is 4.06. The molecule has 0 aliphatic carbocycles. The largest absolute Gasteiger partial charge is 0.367 e. The number of rotatable bonds is 4. The minimum atomic E-state index is -0.920. The Morgan fingerprint density at radius 2 is 1.74 bits per heavy atom. The van der Waals surface area contributed by atoms with Gasteiger partial charge in [-0.15, -0.1) is 0 Å². The number of aromatic nitrogens is 2. The summed E-state index contributed by atoms with van der Waals surface area (Å²) in [7, 11) is 0. The summed E-state index contributed by atoms with van der Waals surface area (Å²) < 4.78 is 26.3. The number of para-hydroxylation sites is 1. The molecule has 3 rings (SSSR count). The molecule has 2 N–H and O–H groups in total. The number of anilines is 3. The first kappa shape index (κ1) is 15.1. The molecule has 0 unspecified atom stereocenters. The third-order valence-electron chi connectivity index (χ3n) is 3.20. The first-order valence-corrected chi connectivity index (χ1v) is 7.28. The van der Waals surface area contributed by atoms with Gasteiger partial charge in [0.15, 0.2) is 11.6 Å². The fourth-order valence-electron chi connectivity index (χ4n) is 2.22. The van der Waals surface area contributed by atoms with Crippen molar-refractivity contribution in [2.75, 3.05) is 10.6 Å². The molecule has 0 atom stereocenters. The molecule has 0 radical (unpaired) electrons. The SMILES string of the molecule is CC(C)Nc1nc(Nc2ccc(F)c(F)c2)nc2ccccc12. The molecule has 0 aliphatic heterocycles. The maximum absolute atomic E-state index is 13.3. The number of nitrogens with zero attached hydrogens (tertiary/aromatic N) is 2. The minimum absolute atomic E-state index is 0.199. The quantitative estimate of drug-likeness (QED) is 0.746. The lowest BCUT2D eigenvalue weighted by molar-refractivity contribution is 0.509. The molecule has 118 valence electrons. The van der Waals surface area contributed by atoms with E-state index < -0.39 is 11.6 Å². The summed E-state index contributed by atoms with van der Waals surface area (Å²) in [6.45, 7) is 4.03. The molecule has 0 saturated carbocycles. The van der Waals surface area contributed by atoms with E-state index in [4.69, 9.17) is 0 Å². The van der Waals surface area contributed by atoms with E-state index in [1.54, 1.807) is 0 Å².